The molecule has 1 unspecified atom stereocenters. The number of sulfonamides is 1. The summed E-state index contributed by atoms with van der Waals surface area (Å²) in [5, 5.41) is 3.28. The van der Waals surface area contributed by atoms with Gasteiger partial charge in [0.25, 0.3) is 0 Å². The Bertz CT molecular complexity index is 753. The summed E-state index contributed by atoms with van der Waals surface area (Å²) in [6, 6.07) is 8.23. The zero-order valence-electron chi connectivity index (χ0n) is 16.7. The molecule has 1 heterocycles. The van der Waals surface area contributed by atoms with Gasteiger partial charge >= 0.3 is 0 Å². The monoisotopic (exact) mass is 510 g/mol. The molecule has 2 N–H and O–H groups in total. The highest BCUT2D eigenvalue weighted by Gasteiger charge is 2.27. The van der Waals surface area contributed by atoms with Crippen LogP contribution in [-0.4, -0.2) is 64.4 Å². The fourth-order valence-corrected chi connectivity index (χ4v) is 4.22. The first-order valence-corrected chi connectivity index (χ1v) is 10.6. The van der Waals surface area contributed by atoms with Gasteiger partial charge in [0.1, 0.15) is 6.10 Å². The quantitative estimate of drug-likeness (QED) is 0.359. The van der Waals surface area contributed by atoms with Gasteiger partial charge in [0.15, 0.2) is 5.96 Å². The summed E-state index contributed by atoms with van der Waals surface area (Å²) in [6.07, 6.45) is 1.16. The van der Waals surface area contributed by atoms with Gasteiger partial charge in [0, 0.05) is 25.7 Å². The molecule has 0 radical (unpaired) electrons. The van der Waals surface area contributed by atoms with E-state index < -0.39 is 15.6 Å². The fourth-order valence-electron chi connectivity index (χ4n) is 3.15. The first kappa shape index (κ1) is 24.1. The Kier molecular flexibility index (Phi) is 8.97. The maximum absolute atomic E-state index is 11.5. The summed E-state index contributed by atoms with van der Waals surface area (Å²) >= 11 is 0. The second-order valence-electron chi connectivity index (χ2n) is 7.32. The molecule has 1 aromatic rings. The Morgan fingerprint density at radius 3 is 2.63 bits per heavy atom. The van der Waals surface area contributed by atoms with E-state index in [-0.39, 0.29) is 30.1 Å². The molecular formula is C18H31IN4O3S. The minimum Gasteiger partial charge on any atom is -0.370 e. The van der Waals surface area contributed by atoms with Crippen molar-refractivity contribution in [3.8, 4) is 0 Å². The van der Waals surface area contributed by atoms with Crippen LogP contribution in [0.2, 0.25) is 0 Å². The van der Waals surface area contributed by atoms with E-state index in [1.807, 2.05) is 26.0 Å². The molecule has 1 aromatic carbocycles. The predicted molar refractivity (Wildman–Crippen MR) is 120 cm³/mol. The Morgan fingerprint density at radius 2 is 2.04 bits per heavy atom. The van der Waals surface area contributed by atoms with Crippen molar-refractivity contribution in [1.29, 1.82) is 0 Å². The van der Waals surface area contributed by atoms with Crippen LogP contribution >= 0.6 is 24.0 Å². The number of guanidine groups is 1. The van der Waals surface area contributed by atoms with Crippen molar-refractivity contribution in [1.82, 2.24) is 14.9 Å². The van der Waals surface area contributed by atoms with Gasteiger partial charge in [-0.2, -0.15) is 0 Å². The molecule has 0 aromatic heterocycles. The number of ether oxygens (including phenoxy) is 1. The zero-order chi connectivity index (χ0) is 19.4. The molecular weight excluding hydrogens is 479 g/mol. The second kappa shape index (κ2) is 10.0. The number of benzene rings is 1. The maximum atomic E-state index is 11.5. The SMILES string of the molecule is CN=C(NCC(C)(C)NS(C)(=O)=O)N1CCOC(c2ccccc2C)C1.I. The molecule has 1 aliphatic rings. The third kappa shape index (κ3) is 7.55. The average molecular weight is 510 g/mol. The molecule has 154 valence electrons. The molecule has 0 saturated carbocycles. The normalized spacial score (nSPS) is 18.8. The van der Waals surface area contributed by atoms with E-state index in [9.17, 15) is 8.42 Å². The van der Waals surface area contributed by atoms with E-state index in [1.165, 1.54) is 17.4 Å². The summed E-state index contributed by atoms with van der Waals surface area (Å²) in [6.45, 7) is 8.24. The van der Waals surface area contributed by atoms with E-state index >= 15 is 0 Å². The Balaban J connectivity index is 0.00000364. The standard InChI is InChI=1S/C18H30N4O3S.HI/c1-14-8-6-7-9-15(14)16-12-22(10-11-25-16)17(19-4)20-13-18(2,3)21-26(5,23)24;/h6-9,16,21H,10-13H2,1-5H3,(H,19,20);1H. The molecule has 1 aliphatic heterocycles. The Labute approximate surface area is 180 Å². The lowest BCUT2D eigenvalue weighted by Crippen LogP contribution is -2.55. The lowest BCUT2D eigenvalue weighted by Gasteiger charge is -2.37. The van der Waals surface area contributed by atoms with Gasteiger partial charge in [-0.3, -0.25) is 4.99 Å². The van der Waals surface area contributed by atoms with Crippen molar-refractivity contribution in [3.63, 3.8) is 0 Å². The van der Waals surface area contributed by atoms with Crippen LogP contribution in [0, 0.1) is 6.92 Å². The van der Waals surface area contributed by atoms with Crippen LogP contribution in [0.25, 0.3) is 0 Å². The van der Waals surface area contributed by atoms with Crippen molar-refractivity contribution in [2.75, 3.05) is 39.5 Å². The van der Waals surface area contributed by atoms with Crippen LogP contribution in [0.15, 0.2) is 29.3 Å². The van der Waals surface area contributed by atoms with Crippen LogP contribution in [0.4, 0.5) is 0 Å². The minimum atomic E-state index is -3.27. The van der Waals surface area contributed by atoms with Gasteiger partial charge in [0.05, 0.1) is 19.4 Å². The number of nitrogens with zero attached hydrogens (tertiary/aromatic N) is 2. The third-order valence-electron chi connectivity index (χ3n) is 4.26. The van der Waals surface area contributed by atoms with Gasteiger partial charge in [-0.1, -0.05) is 24.3 Å². The third-order valence-corrected chi connectivity index (χ3v) is 5.19. The molecule has 2 rings (SSSR count). The van der Waals surface area contributed by atoms with Gasteiger partial charge in [0.2, 0.25) is 10.0 Å². The highest BCUT2D eigenvalue weighted by atomic mass is 127. The Morgan fingerprint density at radius 1 is 1.37 bits per heavy atom. The molecule has 0 spiro atoms. The second-order valence-corrected chi connectivity index (χ2v) is 9.07. The fraction of sp³-hybridized carbons (Fsp3) is 0.611. The predicted octanol–water partition coefficient (Wildman–Crippen LogP) is 1.89. The summed E-state index contributed by atoms with van der Waals surface area (Å²) in [5.41, 5.74) is 1.78. The molecule has 1 atom stereocenters. The lowest BCUT2D eigenvalue weighted by molar-refractivity contribution is -0.00837. The largest absolute Gasteiger partial charge is 0.370 e. The number of aryl methyl sites for hydroxylation is 1. The zero-order valence-corrected chi connectivity index (χ0v) is 19.8. The number of morpholine rings is 1. The molecule has 9 heteroatoms. The average Bonchev–Trinajstić information content (AvgIpc) is 2.54. The van der Waals surface area contributed by atoms with Gasteiger partial charge in [-0.25, -0.2) is 13.1 Å². The van der Waals surface area contributed by atoms with Gasteiger partial charge < -0.3 is 15.0 Å². The molecule has 7 nitrogen and oxygen atoms in total. The first-order chi connectivity index (χ1) is 12.1. The van der Waals surface area contributed by atoms with Crippen LogP contribution in [0.1, 0.15) is 31.1 Å². The first-order valence-electron chi connectivity index (χ1n) is 8.73. The molecule has 1 fully saturated rings. The number of hydrogen-bond donors (Lipinski definition) is 2. The van der Waals surface area contributed by atoms with Crippen LogP contribution in [0.5, 0.6) is 0 Å². The number of halogens is 1. The van der Waals surface area contributed by atoms with E-state index in [0.717, 1.165) is 12.5 Å². The molecule has 0 amide bonds. The van der Waals surface area contributed by atoms with Crippen LogP contribution < -0.4 is 10.0 Å². The van der Waals surface area contributed by atoms with Crippen molar-refractivity contribution < 1.29 is 13.2 Å². The minimum absolute atomic E-state index is 0. The van der Waals surface area contributed by atoms with E-state index in [0.29, 0.717) is 19.7 Å². The smallest absolute Gasteiger partial charge is 0.209 e. The lowest BCUT2D eigenvalue weighted by atomic mass is 10.0. The number of aliphatic imine (C=N–C) groups is 1. The van der Waals surface area contributed by atoms with Crippen molar-refractivity contribution in [2.24, 2.45) is 4.99 Å². The van der Waals surface area contributed by atoms with Crippen molar-refractivity contribution in [2.45, 2.75) is 32.4 Å². The van der Waals surface area contributed by atoms with Crippen LogP contribution in [0.3, 0.4) is 0 Å². The molecule has 0 bridgehead atoms. The molecule has 0 aliphatic carbocycles. The summed E-state index contributed by atoms with van der Waals surface area (Å²) < 4.78 is 31.6. The summed E-state index contributed by atoms with van der Waals surface area (Å²) in [4.78, 5) is 6.51. The molecule has 27 heavy (non-hydrogen) atoms. The highest BCUT2D eigenvalue weighted by Crippen LogP contribution is 2.25. The van der Waals surface area contributed by atoms with E-state index in [4.69, 9.17) is 4.74 Å². The summed E-state index contributed by atoms with van der Waals surface area (Å²) in [7, 11) is -1.54. The highest BCUT2D eigenvalue weighted by molar-refractivity contribution is 14.0. The van der Waals surface area contributed by atoms with E-state index in [1.54, 1.807) is 7.05 Å². The van der Waals surface area contributed by atoms with Gasteiger partial charge in [-0.05, 0) is 31.9 Å². The topological polar surface area (TPSA) is 83.0 Å². The number of nitrogens with one attached hydrogen (secondary N) is 2. The van der Waals surface area contributed by atoms with Crippen molar-refractivity contribution >= 4 is 40.0 Å². The maximum Gasteiger partial charge on any atom is 0.209 e. The van der Waals surface area contributed by atoms with Crippen molar-refractivity contribution in [3.05, 3.63) is 35.4 Å². The number of hydrogen-bond acceptors (Lipinski definition) is 4. The van der Waals surface area contributed by atoms with Gasteiger partial charge in [-0.15, -0.1) is 24.0 Å². The van der Waals surface area contributed by atoms with Crippen LogP contribution in [-0.2, 0) is 14.8 Å². The number of rotatable bonds is 5. The summed E-state index contributed by atoms with van der Waals surface area (Å²) in [5.74, 6) is 0.746. The Hall–Kier alpha value is -0.910. The molecule has 1 saturated heterocycles. The van der Waals surface area contributed by atoms with E-state index in [2.05, 4.69) is 39.0 Å².